The van der Waals surface area contributed by atoms with Gasteiger partial charge in [0.2, 0.25) is 0 Å². The smallest absolute Gasteiger partial charge is 0.123 e. The molecule has 4 rings (SSSR count). The van der Waals surface area contributed by atoms with Crippen LogP contribution in [0.4, 0.5) is 4.39 Å². The van der Waals surface area contributed by atoms with Crippen molar-refractivity contribution in [2.24, 2.45) is 0 Å². The van der Waals surface area contributed by atoms with Crippen LogP contribution in [0.15, 0.2) is 72.8 Å². The Hall–Kier alpha value is -2.89. The summed E-state index contributed by atoms with van der Waals surface area (Å²) in [7, 11) is 1.70. The van der Waals surface area contributed by atoms with Gasteiger partial charge in [-0.15, -0.1) is 0 Å². The third-order valence-electron chi connectivity index (χ3n) is 5.67. The molecule has 0 amide bonds. The van der Waals surface area contributed by atoms with Crippen molar-refractivity contribution >= 4 is 0 Å². The van der Waals surface area contributed by atoms with Crippen LogP contribution in [0.3, 0.4) is 0 Å². The van der Waals surface area contributed by atoms with Crippen molar-refractivity contribution in [2.45, 2.75) is 26.2 Å². The summed E-state index contributed by atoms with van der Waals surface area (Å²) in [5.74, 6) is 1.55. The topological polar surface area (TPSA) is 24.9 Å². The first-order valence-corrected chi connectivity index (χ1v) is 10.7. The molecule has 3 aromatic carbocycles. The molecule has 162 valence electrons. The molecule has 1 fully saturated rings. The number of ether oxygens (including phenoxy) is 2. The second-order valence-corrected chi connectivity index (χ2v) is 7.79. The van der Waals surface area contributed by atoms with Crippen molar-refractivity contribution in [3.05, 3.63) is 95.3 Å². The van der Waals surface area contributed by atoms with Gasteiger partial charge in [0, 0.05) is 26.2 Å². The fraction of sp³-hybridized carbons (Fsp3) is 0.308. The van der Waals surface area contributed by atoms with Crippen molar-refractivity contribution in [1.82, 2.24) is 9.80 Å². The van der Waals surface area contributed by atoms with E-state index in [1.165, 1.54) is 23.3 Å². The number of methoxy groups -OCH3 is 1. The molecule has 1 aliphatic rings. The van der Waals surface area contributed by atoms with Gasteiger partial charge in [0.25, 0.3) is 0 Å². The highest BCUT2D eigenvalue weighted by Gasteiger charge is 2.33. The van der Waals surface area contributed by atoms with Crippen molar-refractivity contribution in [3.63, 3.8) is 0 Å². The molecule has 1 aliphatic heterocycles. The minimum Gasteiger partial charge on any atom is -0.497 e. The summed E-state index contributed by atoms with van der Waals surface area (Å²) in [4.78, 5) is 4.93. The van der Waals surface area contributed by atoms with Gasteiger partial charge in [-0.3, -0.25) is 9.80 Å². The van der Waals surface area contributed by atoms with Crippen LogP contribution >= 0.6 is 0 Å². The van der Waals surface area contributed by atoms with E-state index in [9.17, 15) is 4.39 Å². The zero-order valence-electron chi connectivity index (χ0n) is 18.1. The van der Waals surface area contributed by atoms with Gasteiger partial charge < -0.3 is 9.47 Å². The third kappa shape index (κ3) is 5.24. The van der Waals surface area contributed by atoms with Gasteiger partial charge in [0.15, 0.2) is 0 Å². The molecule has 31 heavy (non-hydrogen) atoms. The first kappa shape index (κ1) is 21.3. The SMILES string of the molecule is CCOc1ccc([C@H]2N(Cc3ccc(F)cc3)CCN2Cc2cccc(OC)c2)cc1. The number of halogens is 1. The maximum absolute atomic E-state index is 13.4. The van der Waals surface area contributed by atoms with E-state index in [-0.39, 0.29) is 12.0 Å². The Balaban J connectivity index is 1.59. The largest absolute Gasteiger partial charge is 0.497 e. The lowest BCUT2D eigenvalue weighted by atomic mass is 10.1. The molecule has 1 heterocycles. The molecular weight excluding hydrogens is 391 g/mol. The highest BCUT2D eigenvalue weighted by molar-refractivity contribution is 5.31. The van der Waals surface area contributed by atoms with Gasteiger partial charge in [-0.25, -0.2) is 4.39 Å². The number of rotatable bonds is 8. The average molecular weight is 421 g/mol. The van der Waals surface area contributed by atoms with E-state index in [0.717, 1.165) is 43.2 Å². The highest BCUT2D eigenvalue weighted by atomic mass is 19.1. The quantitative estimate of drug-likeness (QED) is 0.497. The molecule has 4 nitrogen and oxygen atoms in total. The molecule has 0 aliphatic carbocycles. The van der Waals surface area contributed by atoms with Crippen LogP contribution in [-0.2, 0) is 13.1 Å². The van der Waals surface area contributed by atoms with Gasteiger partial charge in [-0.1, -0.05) is 36.4 Å². The molecule has 0 unspecified atom stereocenters. The van der Waals surface area contributed by atoms with Crippen LogP contribution in [0.25, 0.3) is 0 Å². The number of nitrogens with zero attached hydrogens (tertiary/aromatic N) is 2. The van der Waals surface area contributed by atoms with E-state index >= 15 is 0 Å². The Kier molecular flexibility index (Phi) is 6.85. The lowest BCUT2D eigenvalue weighted by molar-refractivity contribution is 0.125. The predicted octanol–water partition coefficient (Wildman–Crippen LogP) is 5.25. The fourth-order valence-corrected chi connectivity index (χ4v) is 4.22. The summed E-state index contributed by atoms with van der Waals surface area (Å²) in [5, 5.41) is 0. The van der Waals surface area contributed by atoms with E-state index in [1.807, 2.05) is 43.3 Å². The van der Waals surface area contributed by atoms with E-state index < -0.39 is 0 Å². The second kappa shape index (κ2) is 9.94. The van der Waals surface area contributed by atoms with E-state index in [1.54, 1.807) is 7.11 Å². The van der Waals surface area contributed by atoms with Crippen molar-refractivity contribution < 1.29 is 13.9 Å². The maximum Gasteiger partial charge on any atom is 0.123 e. The maximum atomic E-state index is 13.4. The minimum absolute atomic E-state index is 0.131. The van der Waals surface area contributed by atoms with Gasteiger partial charge in [0.1, 0.15) is 17.3 Å². The Labute approximate surface area is 183 Å². The first-order chi connectivity index (χ1) is 15.2. The second-order valence-electron chi connectivity index (χ2n) is 7.79. The van der Waals surface area contributed by atoms with Crippen LogP contribution in [0.5, 0.6) is 11.5 Å². The Morgan fingerprint density at radius 2 is 1.52 bits per heavy atom. The molecule has 0 radical (unpaired) electrons. The molecule has 0 spiro atoms. The predicted molar refractivity (Wildman–Crippen MR) is 121 cm³/mol. The van der Waals surface area contributed by atoms with Crippen LogP contribution < -0.4 is 9.47 Å². The fourth-order valence-electron chi connectivity index (χ4n) is 4.22. The number of hydrogen-bond acceptors (Lipinski definition) is 4. The summed E-state index contributed by atoms with van der Waals surface area (Å²) in [6, 6.07) is 23.4. The van der Waals surface area contributed by atoms with Crippen LogP contribution in [0.1, 0.15) is 29.8 Å². The summed E-state index contributed by atoms with van der Waals surface area (Å²) in [6.07, 6.45) is 0.131. The van der Waals surface area contributed by atoms with E-state index in [0.29, 0.717) is 6.61 Å². The first-order valence-electron chi connectivity index (χ1n) is 10.7. The van der Waals surface area contributed by atoms with Crippen LogP contribution in [0.2, 0.25) is 0 Å². The monoisotopic (exact) mass is 420 g/mol. The zero-order chi connectivity index (χ0) is 21.6. The lowest BCUT2D eigenvalue weighted by Crippen LogP contribution is -2.30. The zero-order valence-corrected chi connectivity index (χ0v) is 18.1. The van der Waals surface area contributed by atoms with Crippen molar-refractivity contribution in [3.8, 4) is 11.5 Å². The molecule has 3 aromatic rings. The minimum atomic E-state index is -0.201. The molecule has 1 saturated heterocycles. The molecule has 0 bridgehead atoms. The van der Waals surface area contributed by atoms with E-state index in [4.69, 9.17) is 9.47 Å². The Morgan fingerprint density at radius 1 is 0.839 bits per heavy atom. The van der Waals surface area contributed by atoms with Crippen LogP contribution in [-0.4, -0.2) is 36.6 Å². The van der Waals surface area contributed by atoms with Crippen molar-refractivity contribution in [2.75, 3.05) is 26.8 Å². The number of hydrogen-bond donors (Lipinski definition) is 0. The standard InChI is InChI=1S/C26H29FN2O2/c1-3-31-24-13-9-22(10-14-24)26-28(18-20-7-11-23(27)12-8-20)15-16-29(26)19-21-5-4-6-25(17-21)30-2/h4-14,17,26H,3,15-16,18-19H2,1-2H3/t26-/m0/s1. The average Bonchev–Trinajstić information content (AvgIpc) is 3.18. The summed E-state index contributed by atoms with van der Waals surface area (Å²) < 4.78 is 24.4. The van der Waals surface area contributed by atoms with Gasteiger partial charge in [-0.05, 0) is 60.0 Å². The molecule has 0 saturated carbocycles. The van der Waals surface area contributed by atoms with Crippen LogP contribution in [0, 0.1) is 5.82 Å². The Morgan fingerprint density at radius 3 is 2.16 bits per heavy atom. The molecule has 0 aromatic heterocycles. The van der Waals surface area contributed by atoms with Crippen molar-refractivity contribution in [1.29, 1.82) is 0 Å². The Bertz CT molecular complexity index is 975. The van der Waals surface area contributed by atoms with E-state index in [2.05, 4.69) is 34.1 Å². The number of benzene rings is 3. The lowest BCUT2D eigenvalue weighted by Gasteiger charge is -2.31. The van der Waals surface area contributed by atoms with Gasteiger partial charge in [-0.2, -0.15) is 0 Å². The normalized spacial score (nSPS) is 17.1. The summed E-state index contributed by atoms with van der Waals surface area (Å²) in [5.41, 5.74) is 3.56. The highest BCUT2D eigenvalue weighted by Crippen LogP contribution is 2.34. The molecule has 0 N–H and O–H groups in total. The van der Waals surface area contributed by atoms with Gasteiger partial charge >= 0.3 is 0 Å². The molecule has 5 heteroatoms. The van der Waals surface area contributed by atoms with Gasteiger partial charge in [0.05, 0.1) is 19.9 Å². The third-order valence-corrected chi connectivity index (χ3v) is 5.67. The molecular formula is C26H29FN2O2. The molecule has 1 atom stereocenters. The summed E-state index contributed by atoms with van der Waals surface area (Å²) >= 11 is 0. The summed E-state index contributed by atoms with van der Waals surface area (Å²) in [6.45, 7) is 6.14.